The standard InChI is InChI=1S/C21H16ClF2N5O/c22-20-18(12-27-29(21(20)30)19-6-5-16(23)10-17(19)24)25-11-14-3-1-4-15(9-14)13-28-8-2-7-26-28/h1-10,12,25H,11,13H2. The van der Waals surface area contributed by atoms with Crippen LogP contribution in [0.5, 0.6) is 0 Å². The fraction of sp³-hybridized carbons (Fsp3) is 0.0952. The van der Waals surface area contributed by atoms with Crippen LogP contribution in [0.1, 0.15) is 11.1 Å². The Hall–Kier alpha value is -3.52. The Morgan fingerprint density at radius 2 is 1.87 bits per heavy atom. The summed E-state index contributed by atoms with van der Waals surface area (Å²) in [4.78, 5) is 12.5. The second kappa shape index (κ2) is 8.46. The molecule has 9 heteroatoms. The summed E-state index contributed by atoms with van der Waals surface area (Å²) in [5.74, 6) is -1.65. The number of anilines is 1. The van der Waals surface area contributed by atoms with Crippen LogP contribution in [0, 0.1) is 11.6 Å². The first-order valence-corrected chi connectivity index (χ1v) is 9.41. The van der Waals surface area contributed by atoms with Crippen LogP contribution in [-0.4, -0.2) is 19.6 Å². The molecule has 0 saturated carbocycles. The van der Waals surface area contributed by atoms with Crippen molar-refractivity contribution in [3.63, 3.8) is 0 Å². The molecule has 2 heterocycles. The topological polar surface area (TPSA) is 64.7 Å². The largest absolute Gasteiger partial charge is 0.378 e. The fourth-order valence-corrected chi connectivity index (χ4v) is 3.19. The number of hydrogen-bond donors (Lipinski definition) is 1. The van der Waals surface area contributed by atoms with E-state index in [1.54, 1.807) is 6.20 Å². The second-order valence-corrected chi connectivity index (χ2v) is 6.94. The van der Waals surface area contributed by atoms with E-state index in [4.69, 9.17) is 11.6 Å². The number of aromatic nitrogens is 4. The van der Waals surface area contributed by atoms with E-state index in [1.165, 1.54) is 6.20 Å². The normalized spacial score (nSPS) is 10.9. The number of rotatable bonds is 6. The van der Waals surface area contributed by atoms with E-state index in [0.717, 1.165) is 27.9 Å². The predicted molar refractivity (Wildman–Crippen MR) is 110 cm³/mol. The number of halogens is 3. The highest BCUT2D eigenvalue weighted by atomic mass is 35.5. The van der Waals surface area contributed by atoms with Crippen LogP contribution >= 0.6 is 11.6 Å². The molecule has 4 rings (SSSR count). The lowest BCUT2D eigenvalue weighted by atomic mass is 10.1. The maximum atomic E-state index is 14.0. The highest BCUT2D eigenvalue weighted by Gasteiger charge is 2.14. The zero-order valence-electron chi connectivity index (χ0n) is 15.6. The summed E-state index contributed by atoms with van der Waals surface area (Å²) in [6.07, 6.45) is 4.94. The molecular formula is C21H16ClF2N5O. The molecule has 4 aromatic rings. The van der Waals surface area contributed by atoms with Gasteiger partial charge in [-0.05, 0) is 29.3 Å². The van der Waals surface area contributed by atoms with E-state index in [0.29, 0.717) is 24.8 Å². The van der Waals surface area contributed by atoms with Gasteiger partial charge in [0.05, 0.1) is 18.4 Å². The zero-order chi connectivity index (χ0) is 21.1. The van der Waals surface area contributed by atoms with Crippen molar-refractivity contribution < 1.29 is 8.78 Å². The Labute approximate surface area is 175 Å². The third kappa shape index (κ3) is 4.23. The third-order valence-corrected chi connectivity index (χ3v) is 4.80. The predicted octanol–water partition coefficient (Wildman–Crippen LogP) is 4.02. The van der Waals surface area contributed by atoms with Crippen LogP contribution in [0.25, 0.3) is 5.69 Å². The SMILES string of the molecule is O=c1c(Cl)c(NCc2cccc(Cn3cccn3)c2)cnn1-c1ccc(F)cc1F. The number of benzene rings is 2. The zero-order valence-corrected chi connectivity index (χ0v) is 16.4. The summed E-state index contributed by atoms with van der Waals surface area (Å²) >= 11 is 6.18. The minimum absolute atomic E-state index is 0.138. The van der Waals surface area contributed by atoms with E-state index >= 15 is 0 Å². The molecule has 152 valence electrons. The summed E-state index contributed by atoms with van der Waals surface area (Å²) in [7, 11) is 0. The van der Waals surface area contributed by atoms with Gasteiger partial charge >= 0.3 is 0 Å². The molecule has 0 aliphatic carbocycles. The lowest BCUT2D eigenvalue weighted by molar-refractivity contribution is 0.571. The van der Waals surface area contributed by atoms with Gasteiger partial charge in [0, 0.05) is 25.0 Å². The van der Waals surface area contributed by atoms with Crippen molar-refractivity contribution in [1.29, 1.82) is 0 Å². The first-order valence-electron chi connectivity index (χ1n) is 9.03. The Kier molecular flexibility index (Phi) is 5.58. The van der Waals surface area contributed by atoms with E-state index in [1.807, 2.05) is 41.2 Å². The summed E-state index contributed by atoms with van der Waals surface area (Å²) in [6.45, 7) is 1.05. The van der Waals surface area contributed by atoms with Gasteiger partial charge in [-0.2, -0.15) is 14.9 Å². The van der Waals surface area contributed by atoms with Gasteiger partial charge in [0.1, 0.15) is 16.5 Å². The molecule has 2 aromatic carbocycles. The van der Waals surface area contributed by atoms with Crippen LogP contribution in [-0.2, 0) is 13.1 Å². The van der Waals surface area contributed by atoms with Gasteiger partial charge in [0.25, 0.3) is 5.56 Å². The molecule has 0 unspecified atom stereocenters. The van der Waals surface area contributed by atoms with Crippen molar-refractivity contribution in [3.8, 4) is 5.69 Å². The van der Waals surface area contributed by atoms with E-state index in [2.05, 4.69) is 15.5 Å². The molecular weight excluding hydrogens is 412 g/mol. The van der Waals surface area contributed by atoms with Gasteiger partial charge in [-0.3, -0.25) is 9.48 Å². The van der Waals surface area contributed by atoms with Crippen LogP contribution in [0.4, 0.5) is 14.5 Å². The van der Waals surface area contributed by atoms with Gasteiger partial charge in [0.15, 0.2) is 5.82 Å². The lowest BCUT2D eigenvalue weighted by Gasteiger charge is -2.12. The van der Waals surface area contributed by atoms with Gasteiger partial charge < -0.3 is 5.32 Å². The van der Waals surface area contributed by atoms with Crippen LogP contribution in [0.2, 0.25) is 5.02 Å². The smallest absolute Gasteiger partial charge is 0.292 e. The van der Waals surface area contributed by atoms with Crippen LogP contribution in [0.15, 0.2) is 71.9 Å². The number of nitrogens with zero attached hydrogens (tertiary/aromatic N) is 4. The molecule has 6 nitrogen and oxygen atoms in total. The summed E-state index contributed by atoms with van der Waals surface area (Å²) in [5, 5.41) is 11.1. The Balaban J connectivity index is 1.52. The number of hydrogen-bond acceptors (Lipinski definition) is 4. The molecule has 0 spiro atoms. The summed E-state index contributed by atoms with van der Waals surface area (Å²) < 4.78 is 29.7. The molecule has 0 atom stereocenters. The van der Waals surface area contributed by atoms with Gasteiger partial charge in [-0.1, -0.05) is 35.9 Å². The highest BCUT2D eigenvalue weighted by molar-refractivity contribution is 6.32. The van der Waals surface area contributed by atoms with Gasteiger partial charge in [0.2, 0.25) is 0 Å². The van der Waals surface area contributed by atoms with E-state index in [-0.39, 0.29) is 10.7 Å². The van der Waals surface area contributed by atoms with Crippen molar-refractivity contribution in [2.24, 2.45) is 0 Å². The monoisotopic (exact) mass is 427 g/mol. The van der Waals surface area contributed by atoms with Crippen LogP contribution in [0.3, 0.4) is 0 Å². The van der Waals surface area contributed by atoms with Gasteiger partial charge in [-0.15, -0.1) is 0 Å². The van der Waals surface area contributed by atoms with Crippen molar-refractivity contribution in [2.75, 3.05) is 5.32 Å². The maximum absolute atomic E-state index is 14.0. The van der Waals surface area contributed by atoms with E-state index in [9.17, 15) is 13.6 Å². The first-order chi connectivity index (χ1) is 14.5. The van der Waals surface area contributed by atoms with Crippen molar-refractivity contribution in [2.45, 2.75) is 13.1 Å². The molecule has 0 amide bonds. The van der Waals surface area contributed by atoms with Gasteiger partial charge in [-0.25, -0.2) is 8.78 Å². The first kappa shape index (κ1) is 19.8. The highest BCUT2D eigenvalue weighted by Crippen LogP contribution is 2.19. The minimum Gasteiger partial charge on any atom is -0.378 e. The Morgan fingerprint density at radius 1 is 1.03 bits per heavy atom. The Morgan fingerprint density at radius 3 is 2.63 bits per heavy atom. The third-order valence-electron chi connectivity index (χ3n) is 4.43. The molecule has 1 N–H and O–H groups in total. The van der Waals surface area contributed by atoms with Crippen molar-refractivity contribution in [3.05, 3.63) is 105 Å². The molecule has 0 aliphatic heterocycles. The van der Waals surface area contributed by atoms with Crippen molar-refractivity contribution >= 4 is 17.3 Å². The molecule has 2 aromatic heterocycles. The van der Waals surface area contributed by atoms with Crippen molar-refractivity contribution in [1.82, 2.24) is 19.6 Å². The molecule has 0 aliphatic rings. The van der Waals surface area contributed by atoms with E-state index < -0.39 is 17.2 Å². The average Bonchev–Trinajstić information content (AvgIpc) is 3.23. The second-order valence-electron chi connectivity index (χ2n) is 6.56. The lowest BCUT2D eigenvalue weighted by Crippen LogP contribution is -2.23. The quantitative estimate of drug-likeness (QED) is 0.504. The molecule has 0 bridgehead atoms. The average molecular weight is 428 g/mol. The fourth-order valence-electron chi connectivity index (χ4n) is 3.00. The summed E-state index contributed by atoms with van der Waals surface area (Å²) in [5.41, 5.74) is 1.48. The number of nitrogens with one attached hydrogen (secondary N) is 1. The molecule has 30 heavy (non-hydrogen) atoms. The van der Waals surface area contributed by atoms with Crippen LogP contribution < -0.4 is 10.9 Å². The molecule has 0 fully saturated rings. The summed E-state index contributed by atoms with van der Waals surface area (Å²) in [6, 6.07) is 12.6. The Bertz CT molecular complexity index is 1240. The molecule has 0 radical (unpaired) electrons. The maximum Gasteiger partial charge on any atom is 0.292 e. The minimum atomic E-state index is -0.907. The molecule has 0 saturated heterocycles.